The van der Waals surface area contributed by atoms with Gasteiger partial charge in [0, 0.05) is 16.9 Å². The van der Waals surface area contributed by atoms with E-state index in [1.807, 2.05) is 6.92 Å². The van der Waals surface area contributed by atoms with Gasteiger partial charge in [0.1, 0.15) is 0 Å². The lowest BCUT2D eigenvalue weighted by Crippen LogP contribution is -2.30. The Hall–Kier alpha value is -0.770. The zero-order chi connectivity index (χ0) is 12.1. The summed E-state index contributed by atoms with van der Waals surface area (Å²) in [6.07, 6.45) is 2.57. The summed E-state index contributed by atoms with van der Waals surface area (Å²) in [6, 6.07) is 1.79. The number of furan rings is 1. The summed E-state index contributed by atoms with van der Waals surface area (Å²) in [7, 11) is 0. The Kier molecular flexibility index (Phi) is 5.06. The summed E-state index contributed by atoms with van der Waals surface area (Å²) in [5.41, 5.74) is 0.868. The molecule has 0 saturated heterocycles. The van der Waals surface area contributed by atoms with Crippen molar-refractivity contribution in [2.75, 3.05) is 6.54 Å². The average molecular weight is 288 g/mol. The van der Waals surface area contributed by atoms with E-state index in [0.29, 0.717) is 23.1 Å². The van der Waals surface area contributed by atoms with Gasteiger partial charge in [-0.2, -0.15) is 0 Å². The van der Waals surface area contributed by atoms with Gasteiger partial charge in [0.15, 0.2) is 5.76 Å². The Labute approximate surface area is 105 Å². The standard InChI is InChI=1S/C12H18BrNO2/c1-8(2)6-10(13)7-14-12(15)11-9(3)4-5-16-11/h4-5,8,10H,6-7H2,1-3H3,(H,14,15). The second-order valence-corrected chi connectivity index (χ2v) is 5.66. The molecule has 0 aliphatic heterocycles. The van der Waals surface area contributed by atoms with E-state index in [1.54, 1.807) is 6.07 Å². The number of carbonyl (C=O) groups excluding carboxylic acids is 1. The van der Waals surface area contributed by atoms with E-state index in [9.17, 15) is 4.79 Å². The van der Waals surface area contributed by atoms with Crippen LogP contribution in [0.5, 0.6) is 0 Å². The molecule has 1 unspecified atom stereocenters. The minimum Gasteiger partial charge on any atom is -0.459 e. The van der Waals surface area contributed by atoms with E-state index < -0.39 is 0 Å². The highest BCUT2D eigenvalue weighted by Gasteiger charge is 2.14. The lowest BCUT2D eigenvalue weighted by Gasteiger charge is -2.12. The molecule has 0 aliphatic carbocycles. The summed E-state index contributed by atoms with van der Waals surface area (Å²) in [4.78, 5) is 12.0. The van der Waals surface area contributed by atoms with Crippen molar-refractivity contribution in [1.82, 2.24) is 5.32 Å². The molecule has 0 aromatic carbocycles. The second kappa shape index (κ2) is 6.09. The molecule has 0 fully saturated rings. The predicted octanol–water partition coefficient (Wildman–Crippen LogP) is 3.13. The lowest BCUT2D eigenvalue weighted by atomic mass is 10.1. The Morgan fingerprint density at radius 3 is 2.75 bits per heavy atom. The number of rotatable bonds is 5. The first-order valence-electron chi connectivity index (χ1n) is 5.47. The van der Waals surface area contributed by atoms with Gasteiger partial charge in [-0.25, -0.2) is 0 Å². The Balaban J connectivity index is 2.39. The smallest absolute Gasteiger partial charge is 0.287 e. The molecule has 1 N–H and O–H groups in total. The Bertz CT molecular complexity index is 347. The quantitative estimate of drug-likeness (QED) is 0.846. The van der Waals surface area contributed by atoms with Crippen LogP contribution in [0.25, 0.3) is 0 Å². The van der Waals surface area contributed by atoms with Crippen molar-refractivity contribution in [1.29, 1.82) is 0 Å². The summed E-state index contributed by atoms with van der Waals surface area (Å²) in [6.45, 7) is 6.80. The number of carbonyl (C=O) groups is 1. The van der Waals surface area contributed by atoms with Crippen LogP contribution in [0.3, 0.4) is 0 Å². The van der Waals surface area contributed by atoms with Gasteiger partial charge in [-0.1, -0.05) is 29.8 Å². The van der Waals surface area contributed by atoms with Crippen molar-refractivity contribution >= 4 is 21.8 Å². The van der Waals surface area contributed by atoms with E-state index in [4.69, 9.17) is 4.42 Å². The molecule has 1 rings (SSSR count). The van der Waals surface area contributed by atoms with Gasteiger partial charge in [0.05, 0.1) is 6.26 Å². The summed E-state index contributed by atoms with van der Waals surface area (Å²) in [5.74, 6) is 0.881. The van der Waals surface area contributed by atoms with Gasteiger partial charge in [0.2, 0.25) is 0 Å². The number of aryl methyl sites for hydroxylation is 1. The molecule has 1 atom stereocenters. The third-order valence-corrected chi connectivity index (χ3v) is 2.98. The number of halogens is 1. The van der Waals surface area contributed by atoms with Crippen LogP contribution >= 0.6 is 15.9 Å². The second-order valence-electron chi connectivity index (χ2n) is 4.37. The van der Waals surface area contributed by atoms with E-state index in [2.05, 4.69) is 35.1 Å². The van der Waals surface area contributed by atoms with Crippen LogP contribution in [-0.2, 0) is 0 Å². The van der Waals surface area contributed by atoms with Crippen molar-refractivity contribution in [3.8, 4) is 0 Å². The maximum Gasteiger partial charge on any atom is 0.287 e. The van der Waals surface area contributed by atoms with E-state index in [-0.39, 0.29) is 5.91 Å². The van der Waals surface area contributed by atoms with Crippen molar-refractivity contribution < 1.29 is 9.21 Å². The molecular weight excluding hydrogens is 270 g/mol. The van der Waals surface area contributed by atoms with Gasteiger partial charge in [0.25, 0.3) is 5.91 Å². The molecule has 1 aromatic rings. The first kappa shape index (κ1) is 13.3. The minimum atomic E-state index is -0.143. The van der Waals surface area contributed by atoms with Gasteiger partial charge in [-0.05, 0) is 25.3 Å². The fourth-order valence-corrected chi connectivity index (χ4v) is 2.39. The van der Waals surface area contributed by atoms with Crippen LogP contribution in [0.2, 0.25) is 0 Å². The molecule has 0 aliphatic rings. The van der Waals surface area contributed by atoms with Gasteiger partial charge < -0.3 is 9.73 Å². The molecule has 1 heterocycles. The van der Waals surface area contributed by atoms with Gasteiger partial charge in [-0.15, -0.1) is 0 Å². The number of hydrogen-bond acceptors (Lipinski definition) is 2. The molecule has 0 saturated carbocycles. The van der Waals surface area contributed by atoms with Crippen LogP contribution in [0, 0.1) is 12.8 Å². The molecular formula is C12H18BrNO2. The van der Waals surface area contributed by atoms with E-state index >= 15 is 0 Å². The summed E-state index contributed by atoms with van der Waals surface area (Å²) < 4.78 is 5.11. The van der Waals surface area contributed by atoms with Crippen molar-refractivity contribution in [2.45, 2.75) is 32.0 Å². The van der Waals surface area contributed by atoms with Crippen LogP contribution in [-0.4, -0.2) is 17.3 Å². The lowest BCUT2D eigenvalue weighted by molar-refractivity contribution is 0.0925. The third kappa shape index (κ3) is 4.00. The highest BCUT2D eigenvalue weighted by Crippen LogP contribution is 2.12. The highest BCUT2D eigenvalue weighted by atomic mass is 79.9. The van der Waals surface area contributed by atoms with Crippen molar-refractivity contribution in [3.63, 3.8) is 0 Å². The van der Waals surface area contributed by atoms with Crippen LogP contribution < -0.4 is 5.32 Å². The van der Waals surface area contributed by atoms with Crippen molar-refractivity contribution in [2.24, 2.45) is 5.92 Å². The first-order chi connectivity index (χ1) is 7.50. The first-order valence-corrected chi connectivity index (χ1v) is 6.38. The average Bonchev–Trinajstić information content (AvgIpc) is 2.60. The molecule has 90 valence electrons. The molecule has 4 heteroatoms. The topological polar surface area (TPSA) is 42.2 Å². The molecule has 1 amide bonds. The SMILES string of the molecule is Cc1ccoc1C(=O)NCC(Br)CC(C)C. The molecule has 0 radical (unpaired) electrons. The third-order valence-electron chi connectivity index (χ3n) is 2.28. The predicted molar refractivity (Wildman–Crippen MR) is 67.9 cm³/mol. The Morgan fingerprint density at radius 2 is 2.25 bits per heavy atom. The van der Waals surface area contributed by atoms with Crippen LogP contribution in [0.15, 0.2) is 16.7 Å². The number of alkyl halides is 1. The van der Waals surface area contributed by atoms with Gasteiger partial charge >= 0.3 is 0 Å². The minimum absolute atomic E-state index is 0.143. The summed E-state index contributed by atoms with van der Waals surface area (Å²) >= 11 is 3.54. The normalized spacial score (nSPS) is 12.8. The fourth-order valence-electron chi connectivity index (χ4n) is 1.48. The molecule has 16 heavy (non-hydrogen) atoms. The van der Waals surface area contributed by atoms with Gasteiger partial charge in [-0.3, -0.25) is 4.79 Å². The molecule has 0 bridgehead atoms. The monoisotopic (exact) mass is 287 g/mol. The summed E-state index contributed by atoms with van der Waals surface area (Å²) in [5, 5.41) is 2.85. The molecule has 0 spiro atoms. The molecule has 3 nitrogen and oxygen atoms in total. The van der Waals surface area contributed by atoms with Crippen LogP contribution in [0.1, 0.15) is 36.4 Å². The fraction of sp³-hybridized carbons (Fsp3) is 0.583. The van der Waals surface area contributed by atoms with E-state index in [0.717, 1.165) is 12.0 Å². The van der Waals surface area contributed by atoms with Crippen molar-refractivity contribution in [3.05, 3.63) is 23.7 Å². The maximum absolute atomic E-state index is 11.7. The number of nitrogens with one attached hydrogen (secondary N) is 1. The highest BCUT2D eigenvalue weighted by molar-refractivity contribution is 9.09. The number of amides is 1. The molecule has 1 aromatic heterocycles. The Morgan fingerprint density at radius 1 is 1.56 bits per heavy atom. The zero-order valence-electron chi connectivity index (χ0n) is 9.92. The van der Waals surface area contributed by atoms with Crippen LogP contribution in [0.4, 0.5) is 0 Å². The zero-order valence-corrected chi connectivity index (χ0v) is 11.5. The largest absolute Gasteiger partial charge is 0.459 e. The van der Waals surface area contributed by atoms with E-state index in [1.165, 1.54) is 6.26 Å². The maximum atomic E-state index is 11.7. The number of hydrogen-bond donors (Lipinski definition) is 1.